The van der Waals surface area contributed by atoms with Crippen molar-refractivity contribution in [2.45, 2.75) is 479 Å². The van der Waals surface area contributed by atoms with Crippen LogP contribution in [0.4, 0.5) is 0 Å². The van der Waals surface area contributed by atoms with Crippen molar-refractivity contribution in [2.75, 3.05) is 0 Å². The number of fused-ring (bicyclic) bond motifs is 2. The van der Waals surface area contributed by atoms with Crippen molar-refractivity contribution in [2.24, 2.45) is 0 Å². The van der Waals surface area contributed by atoms with Crippen LogP contribution in [-0.2, 0) is 38.5 Å². The number of thiazole rings is 2. The van der Waals surface area contributed by atoms with Gasteiger partial charge >= 0.3 is 0 Å². The van der Waals surface area contributed by atoms with Crippen LogP contribution in [0.5, 0.6) is 0 Å². The highest BCUT2D eigenvalue weighted by atomic mass is 32.1. The topological polar surface area (TPSA) is 25.8 Å². The number of rotatable bonds is 72. The smallest absolute Gasteiger partial charge is 0.134 e. The first kappa shape index (κ1) is 98.0. The fourth-order valence-corrected chi connectivity index (χ4v) is 25.7. The van der Waals surface area contributed by atoms with Gasteiger partial charge in [0.15, 0.2) is 0 Å². The molecule has 0 fully saturated rings. The third-order valence-corrected chi connectivity index (χ3v) is 33.3. The average molecular weight is 1710 g/mol. The van der Waals surface area contributed by atoms with Crippen molar-refractivity contribution >= 4 is 89.6 Å². The summed E-state index contributed by atoms with van der Waals surface area (Å²) in [4.78, 5) is 26.4. The van der Waals surface area contributed by atoms with Crippen LogP contribution in [0.15, 0.2) is 72.8 Å². The summed E-state index contributed by atoms with van der Waals surface area (Å²) < 4.78 is 0. The van der Waals surface area contributed by atoms with Crippen LogP contribution in [-0.4, -0.2) is 9.97 Å². The monoisotopic (exact) mass is 1710 g/mol. The van der Waals surface area contributed by atoms with E-state index in [-0.39, 0.29) is 0 Å². The van der Waals surface area contributed by atoms with E-state index in [0.29, 0.717) is 0 Å². The summed E-state index contributed by atoms with van der Waals surface area (Å²) in [6, 6.07) is 30.4. The lowest BCUT2D eigenvalue weighted by atomic mass is 9.98. The molecule has 0 aliphatic carbocycles. The number of aromatic nitrogens is 2. The lowest BCUT2D eigenvalue weighted by molar-refractivity contribution is 0.555. The molecule has 9 aromatic rings. The first-order chi connectivity index (χ1) is 58.2. The molecule has 0 saturated carbocycles. The van der Waals surface area contributed by atoms with E-state index in [1.54, 1.807) is 22.3 Å². The zero-order chi connectivity index (χ0) is 82.7. The van der Waals surface area contributed by atoms with Crippen molar-refractivity contribution in [3.05, 3.63) is 116 Å². The molecule has 654 valence electrons. The summed E-state index contributed by atoms with van der Waals surface area (Å²) in [7, 11) is 0. The number of unbranched alkanes of at least 4 members (excludes halogenated alkanes) is 54. The van der Waals surface area contributed by atoms with E-state index >= 15 is 0 Å². The van der Waals surface area contributed by atoms with Gasteiger partial charge in [0, 0.05) is 29.3 Å². The highest BCUT2D eigenvalue weighted by Gasteiger charge is 2.25. The molecule has 3 aromatic carbocycles. The molecule has 9 rings (SSSR count). The fraction of sp³-hybridized carbons (Fsp3) is 0.673. The number of aryl methyl sites for hydroxylation is 8. The third-order valence-electron chi connectivity index (χ3n) is 25.8. The Kier molecular flexibility index (Phi) is 49.8. The molecule has 0 aliphatic rings. The summed E-state index contributed by atoms with van der Waals surface area (Å²) in [5.41, 5.74) is 11.6. The maximum absolute atomic E-state index is 5.89. The maximum Gasteiger partial charge on any atom is 0.134 e. The maximum atomic E-state index is 5.89. The first-order valence-corrected chi connectivity index (χ1v) is 55.5. The van der Waals surface area contributed by atoms with Gasteiger partial charge in [-0.05, 0) is 194 Å². The molecule has 6 heterocycles. The van der Waals surface area contributed by atoms with Crippen LogP contribution in [0.3, 0.4) is 0 Å². The Labute approximate surface area is 748 Å². The number of benzene rings is 3. The molecule has 8 heteroatoms. The van der Waals surface area contributed by atoms with Gasteiger partial charge in [-0.1, -0.05) is 413 Å². The highest BCUT2D eigenvalue weighted by Crippen LogP contribution is 2.50. The van der Waals surface area contributed by atoms with Gasteiger partial charge in [-0.3, -0.25) is 0 Å². The molecule has 0 radical (unpaired) electrons. The molecule has 0 N–H and O–H groups in total. The van der Waals surface area contributed by atoms with Crippen LogP contribution in [0, 0.1) is 13.8 Å². The Morgan fingerprint density at radius 2 is 0.424 bits per heavy atom. The van der Waals surface area contributed by atoms with Gasteiger partial charge in [0.1, 0.15) is 10.0 Å². The summed E-state index contributed by atoms with van der Waals surface area (Å²) >= 11 is 12.3. The van der Waals surface area contributed by atoms with E-state index in [4.69, 9.17) is 9.97 Å². The second-order valence-corrected chi connectivity index (χ2v) is 43.1. The van der Waals surface area contributed by atoms with E-state index in [2.05, 4.69) is 174 Å². The number of hydrogen-bond acceptors (Lipinski definition) is 8. The van der Waals surface area contributed by atoms with E-state index in [1.807, 2.05) is 22.7 Å². The van der Waals surface area contributed by atoms with Crippen LogP contribution < -0.4 is 0 Å². The van der Waals surface area contributed by atoms with Gasteiger partial charge in [-0.2, -0.15) is 0 Å². The molecular formula is C110H168N2S6. The quantitative estimate of drug-likeness (QED) is 0.0280. The van der Waals surface area contributed by atoms with Gasteiger partial charge in [0.2, 0.25) is 0 Å². The fourth-order valence-electron chi connectivity index (χ4n) is 18.5. The minimum atomic E-state index is 1.05. The SMILES string of the molecule is CCCCCCCCCCCCc1cc(C)sc1-c1cc(CCCCCCCCCCCC)c(-c2nc(CCCCCCCCCCCC)c(-c3ccc4cc5cc(-c6sc(-c7sc(-c8sc(C)cc8CCCCCCCCCCCC)cc7CCCCCCCCCCCC)nc6CCCCCCCCCCCC)ccc5cc4c3)s2)s1. The predicted molar refractivity (Wildman–Crippen MR) is 540 cm³/mol. The van der Waals surface area contributed by atoms with Crippen molar-refractivity contribution in [3.63, 3.8) is 0 Å². The predicted octanol–water partition coefficient (Wildman–Crippen LogP) is 40.6. The second-order valence-electron chi connectivity index (χ2n) is 36.5. The van der Waals surface area contributed by atoms with Crippen molar-refractivity contribution in [1.29, 1.82) is 0 Å². The van der Waals surface area contributed by atoms with Crippen LogP contribution >= 0.6 is 68.0 Å². The zero-order valence-corrected chi connectivity index (χ0v) is 81.8. The molecule has 0 saturated heterocycles. The first-order valence-electron chi connectivity index (χ1n) is 50.6. The summed E-state index contributed by atoms with van der Waals surface area (Å²) in [6.07, 6.45) is 88.8. The Hall–Kier alpha value is -3.76. The van der Waals surface area contributed by atoms with E-state index in [9.17, 15) is 0 Å². The minimum absolute atomic E-state index is 1.05. The van der Waals surface area contributed by atoms with Gasteiger partial charge in [-0.15, -0.1) is 68.0 Å². The summed E-state index contributed by atoms with van der Waals surface area (Å²) in [5.74, 6) is 0. The van der Waals surface area contributed by atoms with Crippen molar-refractivity contribution in [1.82, 2.24) is 9.97 Å². The summed E-state index contributed by atoms with van der Waals surface area (Å²) in [5, 5.41) is 7.83. The zero-order valence-electron chi connectivity index (χ0n) is 76.9. The van der Waals surface area contributed by atoms with Gasteiger partial charge in [0.25, 0.3) is 0 Å². The molecule has 118 heavy (non-hydrogen) atoms. The summed E-state index contributed by atoms with van der Waals surface area (Å²) in [6.45, 7) is 18.7. The van der Waals surface area contributed by atoms with Crippen molar-refractivity contribution in [3.8, 4) is 60.2 Å². The molecule has 0 unspecified atom stereocenters. The number of thiophene rings is 4. The third kappa shape index (κ3) is 35.3. The van der Waals surface area contributed by atoms with Crippen LogP contribution in [0.25, 0.3) is 81.7 Å². The molecule has 0 bridgehead atoms. The van der Waals surface area contributed by atoms with E-state index < -0.39 is 0 Å². The number of nitrogens with zero attached hydrogens (tertiary/aromatic N) is 2. The largest absolute Gasteiger partial charge is 0.240 e. The average Bonchev–Trinajstić information content (AvgIpc) is 1.62. The molecule has 6 aromatic heterocycles. The molecular weight excluding hydrogens is 1540 g/mol. The van der Waals surface area contributed by atoms with Gasteiger partial charge in [-0.25, -0.2) is 9.97 Å². The molecule has 0 atom stereocenters. The Morgan fingerprint density at radius 3 is 0.678 bits per heavy atom. The van der Waals surface area contributed by atoms with Gasteiger partial charge < -0.3 is 0 Å². The molecule has 0 amide bonds. The number of hydrogen-bond donors (Lipinski definition) is 0. The van der Waals surface area contributed by atoms with E-state index in [0.717, 1.165) is 25.7 Å². The second kappa shape index (κ2) is 60.0. The minimum Gasteiger partial charge on any atom is -0.240 e. The molecule has 0 spiro atoms. The van der Waals surface area contributed by atoms with Crippen LogP contribution in [0.2, 0.25) is 0 Å². The molecule has 0 aliphatic heterocycles. The standard InChI is InChI=1S/C110H168N2S6/c1-9-15-21-27-33-39-45-51-57-63-69-91-79-87(7)113-105(91)101-85-93(71-65-59-53-47-41-35-29-23-17-11-3)107(115-101)109-111-99(73-67-61-55-49-43-37-31-25-19-13-5)103(117-109)95-77-75-89-82-98-84-96(78-76-90(98)81-97(89)83-95)104-100(74-68-62-56-50-44-38-32-26-20-14-6)112-110(118-104)108-94(72-66-60-54-48-42-36-30-24-18-12-4)86-102(116-108)106-92(80-88(8)114-106)70-64-58-52-46-40-34-28-22-16-10-2/h75-86H,9-74H2,1-8H3. The normalized spacial score (nSPS) is 11.9. The Balaban J connectivity index is 1.01. The lowest BCUT2D eigenvalue weighted by Gasteiger charge is -2.09. The molecule has 2 nitrogen and oxygen atoms in total. The lowest BCUT2D eigenvalue weighted by Crippen LogP contribution is -1.91. The van der Waals surface area contributed by atoms with Crippen molar-refractivity contribution < 1.29 is 0 Å². The van der Waals surface area contributed by atoms with E-state index in [1.165, 1.54) is 501 Å². The van der Waals surface area contributed by atoms with Crippen LogP contribution in [0.1, 0.15) is 470 Å². The van der Waals surface area contributed by atoms with Gasteiger partial charge in [0.05, 0.1) is 30.9 Å². The Bertz CT molecular complexity index is 3820. The highest BCUT2D eigenvalue weighted by molar-refractivity contribution is 7.28. The Morgan fingerprint density at radius 1 is 0.195 bits per heavy atom.